The summed E-state index contributed by atoms with van der Waals surface area (Å²) in [5, 5.41) is 0.675. The van der Waals surface area contributed by atoms with E-state index in [2.05, 4.69) is 4.98 Å². The zero-order valence-electron chi connectivity index (χ0n) is 9.67. The van der Waals surface area contributed by atoms with Crippen molar-refractivity contribution in [2.45, 2.75) is 12.7 Å². The quantitative estimate of drug-likeness (QED) is 0.758. The van der Waals surface area contributed by atoms with Crippen LogP contribution in [0.4, 0.5) is 4.39 Å². The topological polar surface area (TPSA) is 61.2 Å². The second kappa shape index (κ2) is 4.95. The van der Waals surface area contributed by atoms with Gasteiger partial charge in [0.15, 0.2) is 12.5 Å². The first-order valence-electron chi connectivity index (χ1n) is 5.29. The number of halogens is 1. The van der Waals surface area contributed by atoms with Crippen LogP contribution in [0.15, 0.2) is 29.1 Å². The Morgan fingerprint density at radius 1 is 1.44 bits per heavy atom. The smallest absolute Gasteiger partial charge is 0.252 e. The lowest BCUT2D eigenvalue weighted by atomic mass is 10.2. The minimum absolute atomic E-state index is 0.158. The third kappa shape index (κ3) is 2.22. The molecule has 0 aliphatic rings. The summed E-state index contributed by atoms with van der Waals surface area (Å²) in [6.07, 6.45) is -1.58. The number of pyridine rings is 2. The number of alkyl halides is 1. The van der Waals surface area contributed by atoms with Crippen molar-refractivity contribution in [2.75, 3.05) is 7.11 Å². The largest absolute Gasteiger partial charge is 0.481 e. The van der Waals surface area contributed by atoms with Gasteiger partial charge in [-0.25, -0.2) is 4.39 Å². The number of hydrogen-bond donors (Lipinski definition) is 0. The van der Waals surface area contributed by atoms with Crippen LogP contribution in [0.1, 0.15) is 0 Å². The lowest BCUT2D eigenvalue weighted by Crippen LogP contribution is -2.25. The number of methoxy groups -OCH3 is 1. The Balaban J connectivity index is 2.64. The molecule has 0 aromatic carbocycles. The summed E-state index contributed by atoms with van der Waals surface area (Å²) >= 11 is 0. The number of ether oxygens (including phenoxy) is 1. The van der Waals surface area contributed by atoms with Crippen molar-refractivity contribution in [3.63, 3.8) is 0 Å². The van der Waals surface area contributed by atoms with Gasteiger partial charge in [-0.1, -0.05) is 0 Å². The first-order valence-corrected chi connectivity index (χ1v) is 5.29. The maximum Gasteiger partial charge on any atom is 0.252 e. The summed E-state index contributed by atoms with van der Waals surface area (Å²) in [5.41, 5.74) is -0.112. The predicted octanol–water partition coefficient (Wildman–Crippen LogP) is 0.942. The van der Waals surface area contributed by atoms with Gasteiger partial charge in [-0.15, -0.1) is 0 Å². The highest BCUT2D eigenvalue weighted by Crippen LogP contribution is 2.15. The monoisotopic (exact) mass is 250 g/mol. The highest BCUT2D eigenvalue weighted by atomic mass is 19.1. The predicted molar refractivity (Wildman–Crippen MR) is 63.5 cm³/mol. The van der Waals surface area contributed by atoms with Crippen molar-refractivity contribution < 1.29 is 13.9 Å². The molecule has 94 valence electrons. The third-order valence-electron chi connectivity index (χ3n) is 2.52. The molecule has 0 radical (unpaired) electrons. The molecule has 0 bridgehead atoms. The molecule has 2 aromatic heterocycles. The summed E-state index contributed by atoms with van der Waals surface area (Å²) in [6, 6.07) is 6.26. The minimum Gasteiger partial charge on any atom is -0.481 e. The van der Waals surface area contributed by atoms with Crippen molar-refractivity contribution >= 4 is 17.3 Å². The Labute approximate surface area is 102 Å². The van der Waals surface area contributed by atoms with Crippen LogP contribution < -0.4 is 10.3 Å². The van der Waals surface area contributed by atoms with Crippen LogP contribution in [0, 0.1) is 0 Å². The fraction of sp³-hybridized carbons (Fsp3) is 0.250. The van der Waals surface area contributed by atoms with Gasteiger partial charge in [-0.3, -0.25) is 9.36 Å². The molecular formula is C12H11FN2O3. The van der Waals surface area contributed by atoms with E-state index in [0.29, 0.717) is 16.9 Å². The van der Waals surface area contributed by atoms with Crippen LogP contribution in [0.2, 0.25) is 0 Å². The Hall–Kier alpha value is -2.24. The molecular weight excluding hydrogens is 239 g/mol. The number of aldehydes is 1. The molecule has 0 spiro atoms. The molecule has 2 aromatic rings. The van der Waals surface area contributed by atoms with E-state index in [-0.39, 0.29) is 12.8 Å². The minimum atomic E-state index is -1.73. The molecule has 6 heteroatoms. The second-order valence-corrected chi connectivity index (χ2v) is 3.70. The van der Waals surface area contributed by atoms with Crippen LogP contribution in [0.5, 0.6) is 5.88 Å². The first-order chi connectivity index (χ1) is 8.65. The number of hydrogen-bond acceptors (Lipinski definition) is 4. The SMILES string of the molecule is COc1ccc2ccc(=O)n(CC(F)C=O)c2n1. The Kier molecular flexibility index (Phi) is 3.36. The Bertz CT molecular complexity index is 639. The highest BCUT2D eigenvalue weighted by Gasteiger charge is 2.11. The summed E-state index contributed by atoms with van der Waals surface area (Å²) in [5.74, 6) is 0.323. The molecule has 0 fully saturated rings. The molecule has 18 heavy (non-hydrogen) atoms. The van der Waals surface area contributed by atoms with Gasteiger partial charge in [-0.2, -0.15) is 4.98 Å². The number of aromatic nitrogens is 2. The molecule has 5 nitrogen and oxygen atoms in total. The van der Waals surface area contributed by atoms with E-state index in [1.165, 1.54) is 13.2 Å². The summed E-state index contributed by atoms with van der Waals surface area (Å²) in [4.78, 5) is 26.1. The maximum absolute atomic E-state index is 13.1. The third-order valence-corrected chi connectivity index (χ3v) is 2.52. The second-order valence-electron chi connectivity index (χ2n) is 3.70. The Morgan fingerprint density at radius 3 is 2.83 bits per heavy atom. The summed E-state index contributed by atoms with van der Waals surface area (Å²) in [7, 11) is 1.45. The van der Waals surface area contributed by atoms with Crippen molar-refractivity contribution in [2.24, 2.45) is 0 Å². The average Bonchev–Trinajstić information content (AvgIpc) is 2.41. The van der Waals surface area contributed by atoms with Crippen molar-refractivity contribution in [3.8, 4) is 5.88 Å². The van der Waals surface area contributed by atoms with Crippen molar-refractivity contribution in [1.82, 2.24) is 9.55 Å². The molecule has 0 aliphatic heterocycles. The maximum atomic E-state index is 13.1. The fourth-order valence-electron chi connectivity index (χ4n) is 1.65. The summed E-state index contributed by atoms with van der Waals surface area (Å²) in [6.45, 7) is -0.347. The first kappa shape index (κ1) is 12.2. The molecule has 1 unspecified atom stereocenters. The van der Waals surface area contributed by atoms with E-state index >= 15 is 0 Å². The standard InChI is InChI=1S/C12H11FN2O3/c1-18-10-4-2-8-3-5-11(17)15(12(8)14-10)6-9(13)7-16/h2-5,7,9H,6H2,1H3. The van der Waals surface area contributed by atoms with Crippen LogP contribution in [0.3, 0.4) is 0 Å². The van der Waals surface area contributed by atoms with Crippen LogP contribution in [-0.4, -0.2) is 29.1 Å². The zero-order chi connectivity index (χ0) is 13.1. The number of carbonyl (C=O) groups is 1. The van der Waals surface area contributed by atoms with Crippen LogP contribution in [0.25, 0.3) is 11.0 Å². The lowest BCUT2D eigenvalue weighted by Gasteiger charge is -2.10. The Morgan fingerprint density at radius 2 is 2.17 bits per heavy atom. The van der Waals surface area contributed by atoms with E-state index in [9.17, 15) is 14.0 Å². The van der Waals surface area contributed by atoms with Crippen molar-refractivity contribution in [3.05, 3.63) is 34.6 Å². The fourth-order valence-corrected chi connectivity index (χ4v) is 1.65. The molecule has 0 amide bonds. The van der Waals surface area contributed by atoms with Crippen LogP contribution >= 0.6 is 0 Å². The molecule has 2 heterocycles. The molecule has 0 saturated heterocycles. The van der Waals surface area contributed by atoms with E-state index < -0.39 is 11.7 Å². The lowest BCUT2D eigenvalue weighted by molar-refractivity contribution is -0.112. The molecule has 0 aliphatic carbocycles. The zero-order valence-corrected chi connectivity index (χ0v) is 9.67. The number of fused-ring (bicyclic) bond motifs is 1. The van der Waals surface area contributed by atoms with E-state index in [1.54, 1.807) is 18.2 Å². The van der Waals surface area contributed by atoms with Gasteiger partial charge >= 0.3 is 0 Å². The van der Waals surface area contributed by atoms with Gasteiger partial charge in [0.1, 0.15) is 5.65 Å². The van der Waals surface area contributed by atoms with Crippen molar-refractivity contribution in [1.29, 1.82) is 0 Å². The van der Waals surface area contributed by atoms with Crippen LogP contribution in [-0.2, 0) is 11.3 Å². The van der Waals surface area contributed by atoms with E-state index in [1.807, 2.05) is 0 Å². The van der Waals surface area contributed by atoms with E-state index in [4.69, 9.17) is 4.74 Å². The number of rotatable bonds is 4. The normalized spacial score (nSPS) is 12.3. The average molecular weight is 250 g/mol. The van der Waals surface area contributed by atoms with Gasteiger partial charge in [0, 0.05) is 17.5 Å². The molecule has 0 N–H and O–H groups in total. The van der Waals surface area contributed by atoms with Gasteiger partial charge in [0.05, 0.1) is 13.7 Å². The van der Waals surface area contributed by atoms with Gasteiger partial charge in [0.25, 0.3) is 5.56 Å². The summed E-state index contributed by atoms with van der Waals surface area (Å²) < 4.78 is 19.2. The number of nitrogens with zero attached hydrogens (tertiary/aromatic N) is 2. The van der Waals surface area contributed by atoms with E-state index in [0.717, 1.165) is 4.57 Å². The number of carbonyl (C=O) groups excluding carboxylic acids is 1. The highest BCUT2D eigenvalue weighted by molar-refractivity contribution is 5.75. The molecule has 0 saturated carbocycles. The van der Waals surface area contributed by atoms with Gasteiger partial charge < -0.3 is 9.53 Å². The van der Waals surface area contributed by atoms with Gasteiger partial charge in [0.2, 0.25) is 5.88 Å². The van der Waals surface area contributed by atoms with Gasteiger partial charge in [-0.05, 0) is 12.1 Å². The molecule has 1 atom stereocenters. The molecule has 2 rings (SSSR count).